The van der Waals surface area contributed by atoms with Crippen LogP contribution in [0, 0.1) is 5.82 Å². The fourth-order valence-electron chi connectivity index (χ4n) is 1.87. The Morgan fingerprint density at radius 2 is 2.13 bits per heavy atom. The first-order chi connectivity index (χ1) is 7.02. The molecule has 0 unspecified atom stereocenters. The number of aliphatic carboxylic acids is 1. The van der Waals surface area contributed by atoms with Crippen LogP contribution in [0.2, 0.25) is 0 Å². The fourth-order valence-corrected chi connectivity index (χ4v) is 2.33. The van der Waals surface area contributed by atoms with Crippen molar-refractivity contribution in [3.05, 3.63) is 34.1 Å². The molecule has 0 atom stereocenters. The number of rotatable bonds is 3. The van der Waals surface area contributed by atoms with Gasteiger partial charge < -0.3 is 5.11 Å². The molecule has 0 aliphatic heterocycles. The molecule has 0 spiro atoms. The van der Waals surface area contributed by atoms with E-state index in [0.29, 0.717) is 4.47 Å². The molecule has 0 saturated heterocycles. The normalized spacial score (nSPS) is 17.5. The Labute approximate surface area is 95.2 Å². The SMILES string of the molecule is O=C(O)CC1(c2cc(F)cc(Br)c2)CC1. The minimum Gasteiger partial charge on any atom is -0.481 e. The van der Waals surface area contributed by atoms with E-state index in [9.17, 15) is 9.18 Å². The maximum absolute atomic E-state index is 13.1. The van der Waals surface area contributed by atoms with E-state index in [4.69, 9.17) is 5.11 Å². The van der Waals surface area contributed by atoms with Crippen LogP contribution in [0.15, 0.2) is 22.7 Å². The minimum atomic E-state index is -0.826. The van der Waals surface area contributed by atoms with Gasteiger partial charge in [-0.05, 0) is 36.6 Å². The Morgan fingerprint density at radius 1 is 1.47 bits per heavy atom. The highest BCUT2D eigenvalue weighted by atomic mass is 79.9. The van der Waals surface area contributed by atoms with Crippen LogP contribution >= 0.6 is 15.9 Å². The molecule has 0 bridgehead atoms. The molecule has 0 aromatic heterocycles. The van der Waals surface area contributed by atoms with Crippen molar-refractivity contribution in [1.29, 1.82) is 0 Å². The first-order valence-corrected chi connectivity index (χ1v) is 5.49. The molecule has 1 aromatic carbocycles. The summed E-state index contributed by atoms with van der Waals surface area (Å²) in [6, 6.07) is 4.61. The number of carbonyl (C=O) groups is 1. The Balaban J connectivity index is 2.32. The number of carboxylic acids is 1. The maximum atomic E-state index is 13.1. The molecule has 15 heavy (non-hydrogen) atoms. The van der Waals surface area contributed by atoms with Crippen molar-refractivity contribution in [3.8, 4) is 0 Å². The molecule has 0 heterocycles. The van der Waals surface area contributed by atoms with Crippen LogP contribution in [0.3, 0.4) is 0 Å². The highest BCUT2D eigenvalue weighted by Crippen LogP contribution is 2.51. The second kappa shape index (κ2) is 3.59. The summed E-state index contributed by atoms with van der Waals surface area (Å²) < 4.78 is 13.8. The van der Waals surface area contributed by atoms with Gasteiger partial charge >= 0.3 is 5.97 Å². The molecule has 0 radical (unpaired) electrons. The van der Waals surface area contributed by atoms with E-state index in [1.165, 1.54) is 12.1 Å². The smallest absolute Gasteiger partial charge is 0.304 e. The first-order valence-electron chi connectivity index (χ1n) is 4.70. The molecule has 1 saturated carbocycles. The molecule has 1 aliphatic carbocycles. The number of halogens is 2. The van der Waals surface area contributed by atoms with Crippen molar-refractivity contribution >= 4 is 21.9 Å². The third-order valence-electron chi connectivity index (χ3n) is 2.82. The average molecular weight is 273 g/mol. The Morgan fingerprint density at radius 3 is 2.60 bits per heavy atom. The van der Waals surface area contributed by atoms with Crippen molar-refractivity contribution < 1.29 is 14.3 Å². The molecule has 1 aliphatic rings. The lowest BCUT2D eigenvalue weighted by atomic mass is 9.92. The number of hydrogen-bond donors (Lipinski definition) is 1. The zero-order valence-electron chi connectivity index (χ0n) is 7.96. The third-order valence-corrected chi connectivity index (χ3v) is 3.28. The Bertz CT molecular complexity index is 393. The van der Waals surface area contributed by atoms with E-state index >= 15 is 0 Å². The van der Waals surface area contributed by atoms with Crippen molar-refractivity contribution in [1.82, 2.24) is 0 Å². The minimum absolute atomic E-state index is 0.0862. The standard InChI is InChI=1S/C11H10BrFO2/c12-8-3-7(4-9(13)5-8)11(1-2-11)6-10(14)15/h3-5H,1-2,6H2,(H,14,15). The largest absolute Gasteiger partial charge is 0.481 e. The van der Waals surface area contributed by atoms with Crippen LogP contribution in [0.25, 0.3) is 0 Å². The fraction of sp³-hybridized carbons (Fsp3) is 0.364. The van der Waals surface area contributed by atoms with Crippen LogP contribution in [0.5, 0.6) is 0 Å². The number of hydrogen-bond acceptors (Lipinski definition) is 1. The van der Waals surface area contributed by atoms with E-state index in [1.807, 2.05) is 0 Å². The highest BCUT2D eigenvalue weighted by molar-refractivity contribution is 9.10. The molecule has 80 valence electrons. The van der Waals surface area contributed by atoms with Crippen molar-refractivity contribution in [2.24, 2.45) is 0 Å². The second-order valence-electron chi connectivity index (χ2n) is 4.01. The van der Waals surface area contributed by atoms with Crippen LogP contribution in [0.4, 0.5) is 4.39 Å². The van der Waals surface area contributed by atoms with Gasteiger partial charge in [0.2, 0.25) is 0 Å². The predicted molar refractivity (Wildman–Crippen MR) is 57.3 cm³/mol. The molecular formula is C11H10BrFO2. The molecule has 1 N–H and O–H groups in total. The van der Waals surface area contributed by atoms with E-state index in [2.05, 4.69) is 15.9 Å². The topological polar surface area (TPSA) is 37.3 Å². The number of carboxylic acid groups (broad SMARTS) is 1. The summed E-state index contributed by atoms with van der Waals surface area (Å²) in [7, 11) is 0. The van der Waals surface area contributed by atoms with Crippen LogP contribution in [-0.4, -0.2) is 11.1 Å². The Hall–Kier alpha value is -0.900. The van der Waals surface area contributed by atoms with E-state index in [1.54, 1.807) is 6.07 Å². The first kappa shape index (κ1) is 10.6. The summed E-state index contributed by atoms with van der Waals surface area (Å²) in [5.41, 5.74) is 0.466. The molecule has 0 amide bonds. The van der Waals surface area contributed by atoms with Gasteiger partial charge in [-0.3, -0.25) is 4.79 Å². The van der Waals surface area contributed by atoms with Crippen LogP contribution in [0.1, 0.15) is 24.8 Å². The lowest BCUT2D eigenvalue weighted by Crippen LogP contribution is -2.13. The van der Waals surface area contributed by atoms with E-state index in [-0.39, 0.29) is 17.7 Å². The summed E-state index contributed by atoms with van der Waals surface area (Å²) in [4.78, 5) is 10.7. The van der Waals surface area contributed by atoms with Gasteiger partial charge in [0.1, 0.15) is 5.82 Å². The average Bonchev–Trinajstić information content (AvgIpc) is 2.82. The van der Waals surface area contributed by atoms with Crippen LogP contribution in [-0.2, 0) is 10.2 Å². The summed E-state index contributed by atoms with van der Waals surface area (Å²) in [6.07, 6.45) is 1.74. The molecule has 1 aromatic rings. The summed E-state index contributed by atoms with van der Waals surface area (Å²) in [5, 5.41) is 8.78. The lowest BCUT2D eigenvalue weighted by Gasteiger charge is -2.13. The van der Waals surface area contributed by atoms with E-state index in [0.717, 1.165) is 18.4 Å². The molecule has 4 heteroatoms. The third kappa shape index (κ3) is 2.20. The molecular weight excluding hydrogens is 263 g/mol. The van der Waals surface area contributed by atoms with Crippen molar-refractivity contribution in [2.75, 3.05) is 0 Å². The predicted octanol–water partition coefficient (Wildman–Crippen LogP) is 3.09. The zero-order chi connectivity index (χ0) is 11.1. The van der Waals surface area contributed by atoms with Crippen molar-refractivity contribution in [3.63, 3.8) is 0 Å². The number of benzene rings is 1. The summed E-state index contributed by atoms with van der Waals surface area (Å²) >= 11 is 3.21. The summed E-state index contributed by atoms with van der Waals surface area (Å²) in [5.74, 6) is -1.15. The molecule has 2 rings (SSSR count). The van der Waals surface area contributed by atoms with Gasteiger partial charge in [-0.2, -0.15) is 0 Å². The molecule has 1 fully saturated rings. The van der Waals surface area contributed by atoms with Crippen LogP contribution < -0.4 is 0 Å². The van der Waals surface area contributed by atoms with Gasteiger partial charge in [0.05, 0.1) is 6.42 Å². The van der Waals surface area contributed by atoms with Gasteiger partial charge in [-0.25, -0.2) is 4.39 Å². The monoisotopic (exact) mass is 272 g/mol. The summed E-state index contributed by atoms with van der Waals surface area (Å²) in [6.45, 7) is 0. The molecule has 2 nitrogen and oxygen atoms in total. The van der Waals surface area contributed by atoms with Gasteiger partial charge in [0.15, 0.2) is 0 Å². The lowest BCUT2D eigenvalue weighted by molar-refractivity contribution is -0.137. The second-order valence-corrected chi connectivity index (χ2v) is 4.92. The quantitative estimate of drug-likeness (QED) is 0.918. The van der Waals surface area contributed by atoms with Crippen molar-refractivity contribution in [2.45, 2.75) is 24.7 Å². The zero-order valence-corrected chi connectivity index (χ0v) is 9.55. The van der Waals surface area contributed by atoms with Gasteiger partial charge in [-0.1, -0.05) is 15.9 Å². The Kier molecular flexibility index (Phi) is 2.54. The highest BCUT2D eigenvalue weighted by Gasteiger charge is 2.46. The van der Waals surface area contributed by atoms with Gasteiger partial charge in [-0.15, -0.1) is 0 Å². The maximum Gasteiger partial charge on any atom is 0.304 e. The van der Waals surface area contributed by atoms with Gasteiger partial charge in [0, 0.05) is 9.89 Å². The van der Waals surface area contributed by atoms with E-state index < -0.39 is 5.97 Å². The van der Waals surface area contributed by atoms with Gasteiger partial charge in [0.25, 0.3) is 0 Å².